The highest BCUT2D eigenvalue weighted by Crippen LogP contribution is 2.31. The van der Waals surface area contributed by atoms with Crippen LogP contribution < -0.4 is 0 Å². The van der Waals surface area contributed by atoms with Crippen molar-refractivity contribution in [2.45, 2.75) is 0 Å². The molecule has 0 spiro atoms. The van der Waals surface area contributed by atoms with Crippen molar-refractivity contribution in [1.82, 2.24) is 4.98 Å². The van der Waals surface area contributed by atoms with Crippen LogP contribution in [0.2, 0.25) is 0 Å². The number of pyridine rings is 1. The zero-order chi connectivity index (χ0) is 13.1. The van der Waals surface area contributed by atoms with Crippen molar-refractivity contribution in [2.24, 2.45) is 0 Å². The van der Waals surface area contributed by atoms with Gasteiger partial charge in [-0.1, -0.05) is 6.07 Å². The summed E-state index contributed by atoms with van der Waals surface area (Å²) in [5.41, 5.74) is 0.130. The van der Waals surface area contributed by atoms with Crippen molar-refractivity contribution in [2.75, 3.05) is 0 Å². The topological polar surface area (TPSA) is 99.2 Å². The smallest absolute Gasteiger partial charge is 0.264 e. The van der Waals surface area contributed by atoms with Gasteiger partial charge in [-0.05, 0) is 17.7 Å². The lowest BCUT2D eigenvalue weighted by Crippen LogP contribution is -1.96. The Labute approximate surface area is 101 Å². The van der Waals surface area contributed by atoms with E-state index in [9.17, 15) is 20.2 Å². The van der Waals surface area contributed by atoms with E-state index >= 15 is 0 Å². The Morgan fingerprint density at radius 2 is 1.67 bits per heavy atom. The van der Waals surface area contributed by atoms with Gasteiger partial charge in [0.2, 0.25) is 0 Å². The van der Waals surface area contributed by atoms with Gasteiger partial charge in [-0.25, -0.2) is 0 Å². The van der Waals surface area contributed by atoms with Crippen molar-refractivity contribution >= 4 is 11.4 Å². The van der Waals surface area contributed by atoms with Gasteiger partial charge in [0, 0.05) is 30.1 Å². The number of nitro benzene ring substituents is 2. The molecule has 18 heavy (non-hydrogen) atoms. The number of hydrogen-bond acceptors (Lipinski definition) is 5. The van der Waals surface area contributed by atoms with Gasteiger partial charge in [-0.15, -0.1) is 0 Å². The van der Waals surface area contributed by atoms with E-state index < -0.39 is 21.2 Å². The summed E-state index contributed by atoms with van der Waals surface area (Å²) in [6.45, 7) is 0. The van der Waals surface area contributed by atoms with Crippen LogP contribution in [0.15, 0.2) is 42.7 Å². The fourth-order valence-corrected chi connectivity index (χ4v) is 1.54. The number of benzene rings is 1. The molecule has 0 saturated heterocycles. The highest BCUT2D eigenvalue weighted by atomic mass is 16.6. The number of rotatable bonds is 3. The van der Waals surface area contributed by atoms with Crippen LogP contribution in [0.3, 0.4) is 0 Å². The van der Waals surface area contributed by atoms with Crippen molar-refractivity contribution < 1.29 is 9.85 Å². The molecule has 0 N–H and O–H groups in total. The average Bonchev–Trinajstić information content (AvgIpc) is 2.39. The number of nitro groups is 2. The molecule has 1 aromatic carbocycles. The van der Waals surface area contributed by atoms with Crippen LogP contribution in [-0.2, 0) is 0 Å². The third-order valence-corrected chi connectivity index (χ3v) is 2.36. The highest BCUT2D eigenvalue weighted by molar-refractivity contribution is 5.69. The van der Waals surface area contributed by atoms with Gasteiger partial charge in [0.15, 0.2) is 0 Å². The zero-order valence-electron chi connectivity index (χ0n) is 9.02. The molecule has 0 unspecified atom stereocenters. The molecule has 0 atom stereocenters. The summed E-state index contributed by atoms with van der Waals surface area (Å²) in [5, 5.41) is 21.5. The standard InChI is InChI=1S/C11H7N3O4/c15-13(16)10-4-3-8(6-11(10)14(17)18)9-2-1-5-12-7-9/h1-7H. The summed E-state index contributed by atoms with van der Waals surface area (Å²) in [6, 6.07) is 7.16. The van der Waals surface area contributed by atoms with Crippen LogP contribution in [0.4, 0.5) is 11.4 Å². The van der Waals surface area contributed by atoms with Gasteiger partial charge in [-0.2, -0.15) is 0 Å². The lowest BCUT2D eigenvalue weighted by atomic mass is 10.1. The molecule has 0 saturated carbocycles. The Balaban J connectivity index is 2.57. The minimum absolute atomic E-state index is 0.514. The molecule has 7 heteroatoms. The Kier molecular flexibility index (Phi) is 2.96. The molecule has 1 aromatic heterocycles. The molecule has 2 aromatic rings. The molecule has 0 aliphatic carbocycles. The second-order valence-corrected chi connectivity index (χ2v) is 3.46. The normalized spacial score (nSPS) is 10.0. The quantitative estimate of drug-likeness (QED) is 0.611. The first kappa shape index (κ1) is 11.6. The minimum Gasteiger partial charge on any atom is -0.264 e. The van der Waals surface area contributed by atoms with E-state index in [0.29, 0.717) is 11.1 Å². The first-order chi connectivity index (χ1) is 8.59. The monoisotopic (exact) mass is 245 g/mol. The lowest BCUT2D eigenvalue weighted by Gasteiger charge is -2.01. The predicted octanol–water partition coefficient (Wildman–Crippen LogP) is 2.57. The molecule has 0 aliphatic rings. The SMILES string of the molecule is O=[N+]([O-])c1ccc(-c2cccnc2)cc1[N+](=O)[O-]. The summed E-state index contributed by atoms with van der Waals surface area (Å²) in [6.07, 6.45) is 3.11. The minimum atomic E-state index is -0.773. The second kappa shape index (κ2) is 4.58. The van der Waals surface area contributed by atoms with Crippen LogP contribution in [-0.4, -0.2) is 14.8 Å². The van der Waals surface area contributed by atoms with Crippen LogP contribution in [0, 0.1) is 20.2 Å². The van der Waals surface area contributed by atoms with E-state index in [-0.39, 0.29) is 0 Å². The Morgan fingerprint density at radius 3 is 2.22 bits per heavy atom. The maximum atomic E-state index is 10.8. The van der Waals surface area contributed by atoms with E-state index in [4.69, 9.17) is 0 Å². The summed E-state index contributed by atoms with van der Waals surface area (Å²) in [4.78, 5) is 23.8. The van der Waals surface area contributed by atoms with Gasteiger partial charge in [0.05, 0.1) is 9.85 Å². The third-order valence-electron chi connectivity index (χ3n) is 2.36. The maximum absolute atomic E-state index is 10.8. The fraction of sp³-hybridized carbons (Fsp3) is 0. The van der Waals surface area contributed by atoms with E-state index in [2.05, 4.69) is 4.98 Å². The summed E-state index contributed by atoms with van der Waals surface area (Å²) < 4.78 is 0. The highest BCUT2D eigenvalue weighted by Gasteiger charge is 2.24. The van der Waals surface area contributed by atoms with Gasteiger partial charge < -0.3 is 0 Å². The lowest BCUT2D eigenvalue weighted by molar-refractivity contribution is -0.422. The van der Waals surface area contributed by atoms with E-state index in [1.807, 2.05) is 0 Å². The molecular formula is C11H7N3O4. The van der Waals surface area contributed by atoms with Gasteiger partial charge >= 0.3 is 11.4 Å². The molecule has 90 valence electrons. The summed E-state index contributed by atoms with van der Waals surface area (Å²) in [5.74, 6) is 0. The number of aromatic nitrogens is 1. The molecule has 7 nitrogen and oxygen atoms in total. The molecule has 2 rings (SSSR count). The Morgan fingerprint density at radius 1 is 0.944 bits per heavy atom. The van der Waals surface area contributed by atoms with E-state index in [1.165, 1.54) is 18.3 Å². The summed E-state index contributed by atoms with van der Waals surface area (Å²) in [7, 11) is 0. The summed E-state index contributed by atoms with van der Waals surface area (Å²) >= 11 is 0. The van der Waals surface area contributed by atoms with E-state index in [1.54, 1.807) is 18.3 Å². The molecule has 0 aliphatic heterocycles. The fourth-order valence-electron chi connectivity index (χ4n) is 1.54. The van der Waals surface area contributed by atoms with Crippen molar-refractivity contribution in [3.8, 4) is 11.1 Å². The molecule has 1 heterocycles. The van der Waals surface area contributed by atoms with Crippen molar-refractivity contribution in [3.63, 3.8) is 0 Å². The van der Waals surface area contributed by atoms with E-state index in [0.717, 1.165) is 6.07 Å². The third kappa shape index (κ3) is 2.14. The largest absolute Gasteiger partial charge is 0.346 e. The Bertz CT molecular complexity index is 613. The molecule has 0 amide bonds. The first-order valence-corrected chi connectivity index (χ1v) is 4.93. The number of nitrogens with zero attached hydrogens (tertiary/aromatic N) is 3. The maximum Gasteiger partial charge on any atom is 0.346 e. The molecule has 0 radical (unpaired) electrons. The van der Waals surface area contributed by atoms with Gasteiger partial charge in [0.1, 0.15) is 0 Å². The average molecular weight is 245 g/mol. The van der Waals surface area contributed by atoms with Crippen LogP contribution >= 0.6 is 0 Å². The molecular weight excluding hydrogens is 238 g/mol. The first-order valence-electron chi connectivity index (χ1n) is 4.93. The van der Waals surface area contributed by atoms with Crippen LogP contribution in [0.1, 0.15) is 0 Å². The Hall–Kier alpha value is -2.83. The van der Waals surface area contributed by atoms with Crippen molar-refractivity contribution in [3.05, 3.63) is 63.0 Å². The second-order valence-electron chi connectivity index (χ2n) is 3.46. The van der Waals surface area contributed by atoms with Gasteiger partial charge in [-0.3, -0.25) is 25.2 Å². The van der Waals surface area contributed by atoms with Crippen molar-refractivity contribution in [1.29, 1.82) is 0 Å². The molecule has 0 fully saturated rings. The van der Waals surface area contributed by atoms with Crippen LogP contribution in [0.25, 0.3) is 11.1 Å². The predicted molar refractivity (Wildman–Crippen MR) is 63.0 cm³/mol. The molecule has 0 bridgehead atoms. The van der Waals surface area contributed by atoms with Gasteiger partial charge in [0.25, 0.3) is 0 Å². The van der Waals surface area contributed by atoms with Crippen LogP contribution in [0.5, 0.6) is 0 Å². The number of hydrogen-bond donors (Lipinski definition) is 0. The zero-order valence-corrected chi connectivity index (χ0v) is 9.02.